The zero-order chi connectivity index (χ0) is 26.9. The average molecular weight is 507 g/mol. The second-order valence-corrected chi connectivity index (χ2v) is 10.6. The number of benzene rings is 1. The molecule has 0 bridgehead atoms. The summed E-state index contributed by atoms with van der Waals surface area (Å²) in [7, 11) is 0. The number of nitrogens with one attached hydrogen (secondary N) is 2. The number of nitriles is 1. The summed E-state index contributed by atoms with van der Waals surface area (Å²) in [5.41, 5.74) is 0.495. The zero-order valence-electron chi connectivity index (χ0n) is 20.7. The van der Waals surface area contributed by atoms with Crippen LogP contribution in [0.25, 0.3) is 11.0 Å². The molecule has 194 valence electrons. The molecule has 1 saturated heterocycles. The van der Waals surface area contributed by atoms with E-state index in [1.165, 1.54) is 33.2 Å². The molecule has 2 heterocycles. The van der Waals surface area contributed by atoms with E-state index in [1.54, 1.807) is 17.4 Å². The molecule has 1 aromatic carbocycles. The van der Waals surface area contributed by atoms with Crippen LogP contribution in [-0.4, -0.2) is 58.9 Å². The number of halogens is 3. The van der Waals surface area contributed by atoms with Gasteiger partial charge >= 0.3 is 12.3 Å². The quantitative estimate of drug-likeness (QED) is 0.649. The summed E-state index contributed by atoms with van der Waals surface area (Å²) in [4.78, 5) is 35.2. The SMILES string of the molecule is CC1(C)C[C@@H](NC(=O)C(NC(=O)OC(C)(C)C)C(F)(F)F)CN(c2ccc(C#N)c3nccnc23)C1. The number of rotatable bonds is 4. The third-order valence-electron chi connectivity index (χ3n) is 5.52. The van der Waals surface area contributed by atoms with E-state index in [0.717, 1.165) is 0 Å². The second-order valence-electron chi connectivity index (χ2n) is 10.6. The van der Waals surface area contributed by atoms with E-state index in [1.807, 2.05) is 18.7 Å². The van der Waals surface area contributed by atoms with Crippen LogP contribution in [0.5, 0.6) is 0 Å². The van der Waals surface area contributed by atoms with E-state index >= 15 is 0 Å². The Morgan fingerprint density at radius 2 is 1.83 bits per heavy atom. The van der Waals surface area contributed by atoms with Gasteiger partial charge in [-0.05, 0) is 44.7 Å². The maximum atomic E-state index is 13.7. The molecule has 1 aliphatic rings. The lowest BCUT2D eigenvalue weighted by Gasteiger charge is -2.44. The number of alkyl halides is 3. The molecule has 0 aliphatic carbocycles. The normalized spacial score (nSPS) is 18.8. The number of amides is 2. The Morgan fingerprint density at radius 1 is 1.19 bits per heavy atom. The number of hydrogen-bond donors (Lipinski definition) is 2. The first-order valence-electron chi connectivity index (χ1n) is 11.3. The van der Waals surface area contributed by atoms with Crippen molar-refractivity contribution in [2.45, 2.75) is 64.9 Å². The number of fused-ring (bicyclic) bond motifs is 1. The van der Waals surface area contributed by atoms with Crippen LogP contribution in [0.1, 0.15) is 46.6 Å². The van der Waals surface area contributed by atoms with Gasteiger partial charge < -0.3 is 20.3 Å². The minimum absolute atomic E-state index is 0.198. The van der Waals surface area contributed by atoms with Gasteiger partial charge in [-0.1, -0.05) is 13.8 Å². The van der Waals surface area contributed by atoms with Gasteiger partial charge in [-0.15, -0.1) is 0 Å². The van der Waals surface area contributed by atoms with Gasteiger partial charge in [-0.3, -0.25) is 14.8 Å². The number of ether oxygens (including phenoxy) is 1. The van der Waals surface area contributed by atoms with E-state index in [-0.39, 0.29) is 12.0 Å². The van der Waals surface area contributed by atoms with Crippen LogP contribution in [0, 0.1) is 16.7 Å². The number of carbonyl (C=O) groups excluding carboxylic acids is 2. The first-order chi connectivity index (χ1) is 16.6. The lowest BCUT2D eigenvalue weighted by Crippen LogP contribution is -2.60. The van der Waals surface area contributed by atoms with Crippen molar-refractivity contribution in [3.63, 3.8) is 0 Å². The lowest BCUT2D eigenvalue weighted by molar-refractivity contribution is -0.168. The molecule has 12 heteroatoms. The summed E-state index contributed by atoms with van der Waals surface area (Å²) >= 11 is 0. The minimum atomic E-state index is -5.02. The van der Waals surface area contributed by atoms with Crippen molar-refractivity contribution in [1.82, 2.24) is 20.6 Å². The number of alkyl carbamates (subject to hydrolysis) is 1. The molecule has 2 amide bonds. The second kappa shape index (κ2) is 9.79. The highest BCUT2D eigenvalue weighted by atomic mass is 19.4. The zero-order valence-corrected chi connectivity index (χ0v) is 20.7. The molecule has 1 fully saturated rings. The summed E-state index contributed by atoms with van der Waals surface area (Å²) in [5.74, 6) is -1.37. The number of piperidine rings is 1. The van der Waals surface area contributed by atoms with Crippen molar-refractivity contribution in [3.05, 3.63) is 30.1 Å². The van der Waals surface area contributed by atoms with E-state index in [2.05, 4.69) is 21.4 Å². The van der Waals surface area contributed by atoms with Crippen molar-refractivity contribution >= 4 is 28.7 Å². The Morgan fingerprint density at radius 3 is 2.42 bits per heavy atom. The number of carbonyl (C=O) groups is 2. The first-order valence-corrected chi connectivity index (χ1v) is 11.3. The van der Waals surface area contributed by atoms with Gasteiger partial charge in [0.2, 0.25) is 6.04 Å². The molecule has 0 saturated carbocycles. The van der Waals surface area contributed by atoms with Crippen LogP contribution < -0.4 is 15.5 Å². The molecule has 0 radical (unpaired) electrons. The highest BCUT2D eigenvalue weighted by Crippen LogP contribution is 2.35. The number of aromatic nitrogens is 2. The summed E-state index contributed by atoms with van der Waals surface area (Å²) in [6.07, 6.45) is -2.98. The third-order valence-corrected chi connectivity index (χ3v) is 5.52. The molecule has 36 heavy (non-hydrogen) atoms. The Balaban J connectivity index is 1.84. The van der Waals surface area contributed by atoms with Gasteiger partial charge in [0.05, 0.1) is 11.3 Å². The Hall–Kier alpha value is -3.62. The van der Waals surface area contributed by atoms with Crippen molar-refractivity contribution in [2.24, 2.45) is 5.41 Å². The Labute approximate surface area is 207 Å². The fraction of sp³-hybridized carbons (Fsp3) is 0.542. The smallest absolute Gasteiger partial charge is 0.417 e. The highest BCUT2D eigenvalue weighted by Gasteiger charge is 2.48. The number of anilines is 1. The molecule has 0 spiro atoms. The molecule has 3 rings (SSSR count). The standard InChI is InChI=1S/C24H29F3N6O3/c1-22(2,3)36-21(35)32-19(24(25,26)27)20(34)31-15-10-23(4,5)13-33(12-15)16-7-6-14(11-28)17-18(16)30-9-8-29-17/h6-9,15,19H,10,12-13H2,1-5H3,(H,31,34)(H,32,35)/t15-,19?/m1/s1. The predicted molar refractivity (Wildman–Crippen MR) is 126 cm³/mol. The molecule has 1 aliphatic heterocycles. The average Bonchev–Trinajstić information content (AvgIpc) is 2.73. The van der Waals surface area contributed by atoms with Crippen LogP contribution in [0.15, 0.2) is 24.5 Å². The maximum absolute atomic E-state index is 13.7. The minimum Gasteiger partial charge on any atom is -0.444 e. The molecular weight excluding hydrogens is 477 g/mol. The van der Waals surface area contributed by atoms with Gasteiger partial charge in [-0.25, -0.2) is 4.79 Å². The van der Waals surface area contributed by atoms with Gasteiger partial charge in [0.1, 0.15) is 22.7 Å². The van der Waals surface area contributed by atoms with Gasteiger partial charge in [0.15, 0.2) is 0 Å². The molecule has 9 nitrogen and oxygen atoms in total. The van der Waals surface area contributed by atoms with Crippen LogP contribution in [0.2, 0.25) is 0 Å². The van der Waals surface area contributed by atoms with Crippen LogP contribution in [0.4, 0.5) is 23.7 Å². The molecular formula is C24H29F3N6O3. The van der Waals surface area contributed by atoms with Crippen LogP contribution >= 0.6 is 0 Å². The van der Waals surface area contributed by atoms with E-state index in [0.29, 0.717) is 35.2 Å². The van der Waals surface area contributed by atoms with E-state index < -0.39 is 35.9 Å². The van der Waals surface area contributed by atoms with Gasteiger partial charge in [-0.2, -0.15) is 18.4 Å². The monoisotopic (exact) mass is 506 g/mol. The molecule has 2 aromatic rings. The Bertz CT molecular complexity index is 1190. The van der Waals surface area contributed by atoms with Crippen molar-refractivity contribution in [3.8, 4) is 6.07 Å². The molecule has 2 atom stereocenters. The topological polar surface area (TPSA) is 120 Å². The third kappa shape index (κ3) is 6.53. The van der Waals surface area contributed by atoms with Crippen LogP contribution in [-0.2, 0) is 9.53 Å². The Kier molecular flexibility index (Phi) is 7.34. The predicted octanol–water partition coefficient (Wildman–Crippen LogP) is 3.68. The first kappa shape index (κ1) is 27.0. The lowest BCUT2D eigenvalue weighted by atomic mass is 9.81. The van der Waals surface area contributed by atoms with Crippen molar-refractivity contribution in [2.75, 3.05) is 18.0 Å². The van der Waals surface area contributed by atoms with Gasteiger partial charge in [0.25, 0.3) is 5.91 Å². The van der Waals surface area contributed by atoms with Gasteiger partial charge in [0, 0.05) is 31.5 Å². The molecule has 1 aromatic heterocycles. The molecule has 2 N–H and O–H groups in total. The number of hydrogen-bond acceptors (Lipinski definition) is 7. The summed E-state index contributed by atoms with van der Waals surface area (Å²) in [5, 5.41) is 13.5. The largest absolute Gasteiger partial charge is 0.444 e. The van der Waals surface area contributed by atoms with Crippen molar-refractivity contribution < 1.29 is 27.5 Å². The van der Waals surface area contributed by atoms with E-state index in [4.69, 9.17) is 4.74 Å². The van der Waals surface area contributed by atoms with Crippen molar-refractivity contribution in [1.29, 1.82) is 5.26 Å². The summed E-state index contributed by atoms with van der Waals surface area (Å²) < 4.78 is 45.9. The van der Waals surface area contributed by atoms with E-state index in [9.17, 15) is 28.0 Å². The fourth-order valence-corrected chi connectivity index (χ4v) is 4.32. The highest BCUT2D eigenvalue weighted by molar-refractivity contribution is 5.92. The summed E-state index contributed by atoms with van der Waals surface area (Å²) in [6.45, 7) is 9.13. The molecule has 1 unspecified atom stereocenters. The van der Waals surface area contributed by atoms with Crippen LogP contribution in [0.3, 0.4) is 0 Å². The number of nitrogens with zero attached hydrogens (tertiary/aromatic N) is 4. The maximum Gasteiger partial charge on any atom is 0.417 e. The fourth-order valence-electron chi connectivity index (χ4n) is 4.32. The summed E-state index contributed by atoms with van der Waals surface area (Å²) in [6, 6.07) is 1.99.